The molecule has 0 fully saturated rings. The predicted molar refractivity (Wildman–Crippen MR) is 84.6 cm³/mol. The van der Waals surface area contributed by atoms with Crippen LogP contribution in [0.4, 0.5) is 10.1 Å². The number of hydrogen-bond donors (Lipinski definition) is 2. The molecule has 0 spiro atoms. The van der Waals surface area contributed by atoms with Crippen LogP contribution in [-0.4, -0.2) is 8.42 Å². The number of nitrogens with two attached hydrogens (primary N) is 1. The average molecular weight is 444 g/mol. The number of nitrogen functional groups attached to an aromatic ring is 1. The Morgan fingerprint density at radius 1 is 1.30 bits per heavy atom. The molecule has 0 bridgehead atoms. The lowest BCUT2D eigenvalue weighted by molar-refractivity contribution is 0.580. The van der Waals surface area contributed by atoms with Gasteiger partial charge in [-0.25, -0.2) is 17.5 Å². The maximum Gasteiger partial charge on any atom is 0.242 e. The Morgan fingerprint density at radius 2 is 2.00 bits per heavy atom. The Balaban J connectivity index is 2.24. The topological polar surface area (TPSA) is 72.2 Å². The van der Waals surface area contributed by atoms with E-state index in [2.05, 4.69) is 36.6 Å². The summed E-state index contributed by atoms with van der Waals surface area (Å²) in [6.07, 6.45) is 0. The number of sulfonamides is 1. The van der Waals surface area contributed by atoms with E-state index in [4.69, 9.17) is 5.73 Å². The Kier molecular flexibility index (Phi) is 4.85. The van der Waals surface area contributed by atoms with Crippen LogP contribution in [0.5, 0.6) is 0 Å². The van der Waals surface area contributed by atoms with Gasteiger partial charge in [0.1, 0.15) is 5.82 Å². The Morgan fingerprint density at radius 3 is 2.60 bits per heavy atom. The van der Waals surface area contributed by atoms with Gasteiger partial charge in [-0.1, -0.05) is 0 Å². The van der Waals surface area contributed by atoms with Crippen LogP contribution < -0.4 is 10.5 Å². The van der Waals surface area contributed by atoms with Gasteiger partial charge in [0.25, 0.3) is 0 Å². The summed E-state index contributed by atoms with van der Waals surface area (Å²) in [4.78, 5) is 0.763. The fraction of sp³-hybridized carbons (Fsp3) is 0.0909. The van der Waals surface area contributed by atoms with E-state index >= 15 is 0 Å². The van der Waals surface area contributed by atoms with E-state index in [0.717, 1.165) is 21.5 Å². The fourth-order valence-corrected chi connectivity index (χ4v) is 4.98. The molecule has 0 atom stereocenters. The number of benzene rings is 1. The van der Waals surface area contributed by atoms with Crippen molar-refractivity contribution >= 4 is 58.9 Å². The van der Waals surface area contributed by atoms with Gasteiger partial charge in [0.2, 0.25) is 10.0 Å². The summed E-state index contributed by atoms with van der Waals surface area (Å²) in [5, 5.41) is 1.86. The summed E-state index contributed by atoms with van der Waals surface area (Å²) in [6, 6.07) is 3.94. The SMILES string of the molecule is Nc1cc(S(=O)(=O)NCc2cc(Br)cs2)c(Br)cc1F. The monoisotopic (exact) mass is 442 g/mol. The third-order valence-electron chi connectivity index (χ3n) is 2.40. The highest BCUT2D eigenvalue weighted by Crippen LogP contribution is 2.27. The molecule has 0 aliphatic rings. The molecular weight excluding hydrogens is 435 g/mol. The molecular formula is C11H9Br2FN2O2S2. The molecule has 2 rings (SSSR count). The molecule has 0 radical (unpaired) electrons. The van der Waals surface area contributed by atoms with Crippen LogP contribution in [0.1, 0.15) is 4.88 Å². The lowest BCUT2D eigenvalue weighted by Crippen LogP contribution is -2.23. The predicted octanol–water partition coefficient (Wildman–Crippen LogP) is 3.47. The minimum absolute atomic E-state index is 0.0907. The maximum absolute atomic E-state index is 13.2. The molecule has 1 aromatic heterocycles. The summed E-state index contributed by atoms with van der Waals surface area (Å²) in [5.74, 6) is -0.669. The second kappa shape index (κ2) is 6.10. The first-order chi connectivity index (χ1) is 9.29. The maximum atomic E-state index is 13.2. The molecule has 1 aromatic carbocycles. The minimum atomic E-state index is -3.77. The van der Waals surface area contributed by atoms with Gasteiger partial charge in [0.05, 0.1) is 10.6 Å². The second-order valence-electron chi connectivity index (χ2n) is 3.86. The Hall–Kier alpha value is -0.480. The fourth-order valence-electron chi connectivity index (χ4n) is 1.44. The van der Waals surface area contributed by atoms with Crippen LogP contribution in [0.15, 0.2) is 37.4 Å². The normalized spacial score (nSPS) is 11.8. The quantitative estimate of drug-likeness (QED) is 0.710. The standard InChI is InChI=1S/C11H9Br2FN2O2S2/c12-6-1-7(19-5-6)4-16-20(17,18)11-3-10(15)9(14)2-8(11)13/h1-3,5,16H,4,15H2. The Labute approximate surface area is 136 Å². The van der Waals surface area contributed by atoms with E-state index in [1.165, 1.54) is 11.3 Å². The highest BCUT2D eigenvalue weighted by Gasteiger charge is 2.19. The zero-order chi connectivity index (χ0) is 14.9. The minimum Gasteiger partial charge on any atom is -0.396 e. The molecule has 0 aliphatic heterocycles. The van der Waals surface area contributed by atoms with E-state index in [9.17, 15) is 12.8 Å². The van der Waals surface area contributed by atoms with Gasteiger partial charge in [-0.3, -0.25) is 0 Å². The zero-order valence-corrected chi connectivity index (χ0v) is 14.7. The first kappa shape index (κ1) is 15.9. The van der Waals surface area contributed by atoms with Gasteiger partial charge in [-0.05, 0) is 50.1 Å². The van der Waals surface area contributed by atoms with Gasteiger partial charge in [0, 0.05) is 25.7 Å². The highest BCUT2D eigenvalue weighted by molar-refractivity contribution is 9.10. The van der Waals surface area contributed by atoms with E-state index in [1.807, 2.05) is 11.4 Å². The molecule has 0 aliphatic carbocycles. The molecule has 0 amide bonds. The van der Waals surface area contributed by atoms with Crippen molar-refractivity contribution in [2.24, 2.45) is 0 Å². The molecule has 0 unspecified atom stereocenters. The van der Waals surface area contributed by atoms with Gasteiger partial charge < -0.3 is 5.73 Å². The van der Waals surface area contributed by atoms with Crippen molar-refractivity contribution in [3.05, 3.63) is 43.2 Å². The van der Waals surface area contributed by atoms with Crippen LogP contribution in [0, 0.1) is 5.82 Å². The number of rotatable bonds is 4. The van der Waals surface area contributed by atoms with Crippen molar-refractivity contribution in [2.75, 3.05) is 5.73 Å². The van der Waals surface area contributed by atoms with Crippen molar-refractivity contribution in [1.82, 2.24) is 4.72 Å². The summed E-state index contributed by atoms with van der Waals surface area (Å²) in [5.41, 5.74) is 5.19. The van der Waals surface area contributed by atoms with Gasteiger partial charge >= 0.3 is 0 Å². The summed E-state index contributed by atoms with van der Waals surface area (Å²) in [7, 11) is -3.77. The third kappa shape index (κ3) is 3.59. The van der Waals surface area contributed by atoms with Crippen LogP contribution in [0.25, 0.3) is 0 Å². The van der Waals surface area contributed by atoms with Crippen molar-refractivity contribution in [3.8, 4) is 0 Å². The lowest BCUT2D eigenvalue weighted by Gasteiger charge is -2.09. The van der Waals surface area contributed by atoms with Crippen LogP contribution in [0.2, 0.25) is 0 Å². The summed E-state index contributed by atoms with van der Waals surface area (Å²) >= 11 is 7.75. The first-order valence-electron chi connectivity index (χ1n) is 5.26. The van der Waals surface area contributed by atoms with Gasteiger partial charge in [-0.2, -0.15) is 0 Å². The van der Waals surface area contributed by atoms with Crippen molar-refractivity contribution in [3.63, 3.8) is 0 Å². The smallest absolute Gasteiger partial charge is 0.242 e. The number of nitrogens with one attached hydrogen (secondary N) is 1. The molecule has 4 nitrogen and oxygen atoms in total. The number of thiophene rings is 1. The van der Waals surface area contributed by atoms with Crippen LogP contribution >= 0.6 is 43.2 Å². The number of hydrogen-bond acceptors (Lipinski definition) is 4. The first-order valence-corrected chi connectivity index (χ1v) is 9.21. The Bertz CT molecular complexity index is 747. The van der Waals surface area contributed by atoms with Crippen molar-refractivity contribution < 1.29 is 12.8 Å². The molecule has 1 heterocycles. The van der Waals surface area contributed by atoms with Crippen molar-refractivity contribution in [2.45, 2.75) is 11.4 Å². The lowest BCUT2D eigenvalue weighted by atomic mass is 10.3. The van der Waals surface area contributed by atoms with E-state index in [-0.39, 0.29) is 21.6 Å². The largest absolute Gasteiger partial charge is 0.396 e. The van der Waals surface area contributed by atoms with Gasteiger partial charge in [-0.15, -0.1) is 11.3 Å². The molecule has 3 N–H and O–H groups in total. The van der Waals surface area contributed by atoms with E-state index in [0.29, 0.717) is 0 Å². The second-order valence-corrected chi connectivity index (χ2v) is 8.36. The summed E-state index contributed by atoms with van der Waals surface area (Å²) in [6.45, 7) is 0.155. The highest BCUT2D eigenvalue weighted by atomic mass is 79.9. The molecule has 20 heavy (non-hydrogen) atoms. The van der Waals surface area contributed by atoms with Crippen LogP contribution in [0.3, 0.4) is 0 Å². The molecule has 2 aromatic rings. The molecule has 0 saturated carbocycles. The molecule has 108 valence electrons. The van der Waals surface area contributed by atoms with E-state index < -0.39 is 15.8 Å². The number of halogens is 3. The van der Waals surface area contributed by atoms with Crippen LogP contribution in [-0.2, 0) is 16.6 Å². The third-order valence-corrected chi connectivity index (χ3v) is 6.46. The van der Waals surface area contributed by atoms with Crippen molar-refractivity contribution in [1.29, 1.82) is 0 Å². The summed E-state index contributed by atoms with van der Waals surface area (Å²) < 4.78 is 41.0. The molecule has 0 saturated heterocycles. The van der Waals surface area contributed by atoms with Gasteiger partial charge in [0.15, 0.2) is 0 Å². The molecule has 9 heteroatoms. The van der Waals surface area contributed by atoms with E-state index in [1.54, 1.807) is 0 Å². The number of anilines is 1. The zero-order valence-electron chi connectivity index (χ0n) is 9.86. The average Bonchev–Trinajstić information content (AvgIpc) is 2.77.